The summed E-state index contributed by atoms with van der Waals surface area (Å²) in [5.41, 5.74) is 0. The highest BCUT2D eigenvalue weighted by Crippen LogP contribution is 2.44. The molecule has 148 valence electrons. The Kier molecular flexibility index (Phi) is 9.32. The van der Waals surface area contributed by atoms with Crippen LogP contribution in [0.15, 0.2) is 24.3 Å². The van der Waals surface area contributed by atoms with E-state index >= 15 is 0 Å². The van der Waals surface area contributed by atoms with E-state index in [1.807, 2.05) is 6.08 Å². The quantitative estimate of drug-likeness (QED) is 0.215. The van der Waals surface area contributed by atoms with Crippen LogP contribution < -0.4 is 0 Å². The molecule has 0 spiro atoms. The number of aliphatic carboxylic acids is 1. The van der Waals surface area contributed by atoms with Crippen molar-refractivity contribution in [2.45, 2.75) is 83.0 Å². The summed E-state index contributed by atoms with van der Waals surface area (Å²) < 4.78 is 0. The minimum atomic E-state index is -0.748. The van der Waals surface area contributed by atoms with Crippen LogP contribution in [0.3, 0.4) is 0 Å². The third-order valence-corrected chi connectivity index (χ3v) is 5.28. The van der Waals surface area contributed by atoms with Gasteiger partial charge in [0.05, 0.1) is 6.10 Å². The summed E-state index contributed by atoms with van der Waals surface area (Å²) in [4.78, 5) is 25.9. The van der Waals surface area contributed by atoms with Crippen LogP contribution in [-0.4, -0.2) is 34.6 Å². The normalized spacial score (nSPS) is 29.2. The van der Waals surface area contributed by atoms with Gasteiger partial charge < -0.3 is 5.11 Å². The van der Waals surface area contributed by atoms with Gasteiger partial charge in [-0.25, -0.2) is 14.7 Å². The van der Waals surface area contributed by atoms with Crippen molar-refractivity contribution in [1.29, 1.82) is 0 Å². The lowest BCUT2D eigenvalue weighted by Gasteiger charge is -2.27. The Hall–Kier alpha value is -1.21. The monoisotopic (exact) mass is 368 g/mol. The molecule has 2 N–H and O–H groups in total. The van der Waals surface area contributed by atoms with Crippen molar-refractivity contribution in [1.82, 2.24) is 0 Å². The first-order valence-corrected chi connectivity index (χ1v) is 9.83. The lowest BCUT2D eigenvalue weighted by atomic mass is 9.89. The molecule has 1 heterocycles. The zero-order valence-electron chi connectivity index (χ0n) is 15.6. The summed E-state index contributed by atoms with van der Waals surface area (Å²) in [5.74, 6) is -0.154. The fourth-order valence-corrected chi connectivity index (χ4v) is 3.79. The molecule has 1 saturated carbocycles. The maximum atomic E-state index is 10.5. The molecular formula is C20H32O6. The molecule has 0 aromatic heterocycles. The van der Waals surface area contributed by atoms with Crippen LogP contribution in [-0.2, 0) is 19.5 Å². The summed E-state index contributed by atoms with van der Waals surface area (Å²) in [5, 5.41) is 17.8. The number of rotatable bonds is 13. The van der Waals surface area contributed by atoms with Crippen LogP contribution in [0, 0.1) is 11.8 Å². The van der Waals surface area contributed by atoms with Crippen LogP contribution >= 0.6 is 0 Å². The molecule has 2 aliphatic rings. The molecule has 0 amide bonds. The van der Waals surface area contributed by atoms with Gasteiger partial charge in [0.2, 0.25) is 0 Å². The van der Waals surface area contributed by atoms with Gasteiger partial charge in [0.1, 0.15) is 12.2 Å². The predicted octanol–water partition coefficient (Wildman–Crippen LogP) is 4.52. The smallest absolute Gasteiger partial charge is 0.303 e. The molecular weight excluding hydrogens is 336 g/mol. The lowest BCUT2D eigenvalue weighted by Crippen LogP contribution is -2.29. The summed E-state index contributed by atoms with van der Waals surface area (Å²) in [6.45, 7) is 2.15. The summed E-state index contributed by atoms with van der Waals surface area (Å²) in [6, 6.07) is 0. The molecule has 26 heavy (non-hydrogen) atoms. The Bertz CT molecular complexity index is 475. The minimum absolute atomic E-state index is 0.0663. The molecule has 6 heteroatoms. The first-order valence-electron chi connectivity index (χ1n) is 9.83. The molecule has 1 aliphatic carbocycles. The molecule has 2 fully saturated rings. The zero-order chi connectivity index (χ0) is 18.8. The molecule has 2 bridgehead atoms. The van der Waals surface area contributed by atoms with Crippen LogP contribution in [0.1, 0.15) is 64.7 Å². The molecule has 6 nitrogen and oxygen atoms in total. The Morgan fingerprint density at radius 1 is 1.23 bits per heavy atom. The van der Waals surface area contributed by atoms with Gasteiger partial charge in [0, 0.05) is 24.7 Å². The maximum Gasteiger partial charge on any atom is 0.303 e. The van der Waals surface area contributed by atoms with E-state index in [4.69, 9.17) is 20.1 Å². The van der Waals surface area contributed by atoms with Crippen molar-refractivity contribution in [2.75, 3.05) is 0 Å². The van der Waals surface area contributed by atoms with Gasteiger partial charge in [-0.3, -0.25) is 10.1 Å². The summed E-state index contributed by atoms with van der Waals surface area (Å²) in [7, 11) is 0. The number of allylic oxidation sites excluding steroid dienone is 2. The highest BCUT2D eigenvalue weighted by molar-refractivity contribution is 5.66. The molecule has 1 saturated heterocycles. The lowest BCUT2D eigenvalue weighted by molar-refractivity contribution is -0.336. The number of carboxylic acids is 1. The average Bonchev–Trinajstić information content (AvgIpc) is 3.22. The van der Waals surface area contributed by atoms with Crippen LogP contribution in [0.2, 0.25) is 0 Å². The van der Waals surface area contributed by atoms with E-state index in [0.29, 0.717) is 12.3 Å². The number of fused-ring (bicyclic) bond motifs is 2. The third kappa shape index (κ3) is 6.50. The second kappa shape index (κ2) is 11.5. The van der Waals surface area contributed by atoms with E-state index < -0.39 is 5.97 Å². The number of carbonyl (C=O) groups is 1. The minimum Gasteiger partial charge on any atom is -0.481 e. The second-order valence-corrected chi connectivity index (χ2v) is 7.26. The van der Waals surface area contributed by atoms with E-state index in [0.717, 1.165) is 44.9 Å². The van der Waals surface area contributed by atoms with Gasteiger partial charge >= 0.3 is 5.97 Å². The van der Waals surface area contributed by atoms with Crippen LogP contribution in [0.25, 0.3) is 0 Å². The summed E-state index contributed by atoms with van der Waals surface area (Å²) in [6.07, 6.45) is 15.7. The molecule has 0 aromatic rings. The van der Waals surface area contributed by atoms with E-state index in [1.165, 1.54) is 0 Å². The van der Waals surface area contributed by atoms with Gasteiger partial charge in [-0.05, 0) is 25.7 Å². The van der Waals surface area contributed by atoms with Crippen LogP contribution in [0.4, 0.5) is 0 Å². The van der Waals surface area contributed by atoms with Gasteiger partial charge in [-0.15, -0.1) is 0 Å². The zero-order valence-corrected chi connectivity index (χ0v) is 15.6. The van der Waals surface area contributed by atoms with Crippen molar-refractivity contribution < 1.29 is 29.8 Å². The number of unbranched alkanes of at least 4 members (excludes halogenated alkanes) is 3. The Labute approximate surface area is 155 Å². The Balaban J connectivity index is 1.82. The fraction of sp³-hybridized carbons (Fsp3) is 0.750. The Morgan fingerprint density at radius 3 is 2.77 bits per heavy atom. The first-order chi connectivity index (χ1) is 12.7. The molecule has 0 radical (unpaired) electrons. The second-order valence-electron chi connectivity index (χ2n) is 7.26. The van der Waals surface area contributed by atoms with Crippen molar-refractivity contribution in [3.05, 3.63) is 24.3 Å². The van der Waals surface area contributed by atoms with Crippen molar-refractivity contribution in [3.63, 3.8) is 0 Å². The molecule has 2 rings (SSSR count). The van der Waals surface area contributed by atoms with E-state index in [9.17, 15) is 4.79 Å². The number of hydrogen-bond acceptors (Lipinski definition) is 5. The van der Waals surface area contributed by atoms with E-state index in [1.54, 1.807) is 0 Å². The highest BCUT2D eigenvalue weighted by atomic mass is 17.2. The third-order valence-electron chi connectivity index (χ3n) is 5.28. The highest BCUT2D eigenvalue weighted by Gasteiger charge is 2.49. The van der Waals surface area contributed by atoms with Gasteiger partial charge in [0.15, 0.2) is 0 Å². The topological polar surface area (TPSA) is 85.2 Å². The molecule has 0 aromatic carbocycles. The SMILES string of the molecule is CCCCCC(C=CC1C2CC(OO2)C1CC=CCCCC(=O)O)OO. The largest absolute Gasteiger partial charge is 0.481 e. The van der Waals surface area contributed by atoms with E-state index in [-0.39, 0.29) is 30.7 Å². The summed E-state index contributed by atoms with van der Waals surface area (Å²) >= 11 is 0. The van der Waals surface area contributed by atoms with Gasteiger partial charge in [-0.1, -0.05) is 50.5 Å². The van der Waals surface area contributed by atoms with Crippen molar-refractivity contribution in [3.8, 4) is 0 Å². The molecule has 5 unspecified atom stereocenters. The van der Waals surface area contributed by atoms with Crippen molar-refractivity contribution >= 4 is 5.97 Å². The maximum absolute atomic E-state index is 10.5. The van der Waals surface area contributed by atoms with Crippen molar-refractivity contribution in [2.24, 2.45) is 11.8 Å². The Morgan fingerprint density at radius 2 is 2.04 bits per heavy atom. The fourth-order valence-electron chi connectivity index (χ4n) is 3.79. The van der Waals surface area contributed by atoms with Crippen LogP contribution in [0.5, 0.6) is 0 Å². The molecule has 1 aliphatic heterocycles. The van der Waals surface area contributed by atoms with Gasteiger partial charge in [0.25, 0.3) is 0 Å². The van der Waals surface area contributed by atoms with Gasteiger partial charge in [-0.2, -0.15) is 0 Å². The average molecular weight is 368 g/mol. The molecule has 5 atom stereocenters. The van der Waals surface area contributed by atoms with E-state index in [2.05, 4.69) is 30.0 Å². The number of hydrogen-bond donors (Lipinski definition) is 2. The number of carboxylic acid groups (broad SMARTS) is 1. The first kappa shape index (κ1) is 21.1. The standard InChI is InChI=1S/C20H32O6/c1-2-3-6-9-15(24-23)12-13-17-16(18-14-19(17)26-25-18)10-7-4-5-8-11-20(21)22/h4,7,12-13,15-19,23H,2-3,5-6,8-11,14H2,1H3,(H,21,22). The predicted molar refractivity (Wildman–Crippen MR) is 97.4 cm³/mol.